The van der Waals surface area contributed by atoms with Crippen molar-refractivity contribution in [1.82, 2.24) is 0 Å². The molecule has 0 rings (SSSR count). The second-order valence-corrected chi connectivity index (χ2v) is 26.2. The lowest BCUT2D eigenvalue weighted by atomic mass is 10.0. The number of hydrogen-bond donors (Lipinski definition) is 2. The summed E-state index contributed by atoms with van der Waals surface area (Å²) >= 11 is 0. The maximum absolute atomic E-state index is 12.8. The Bertz CT molecular complexity index is 1580. The van der Waals surface area contributed by atoms with Gasteiger partial charge in [-0.05, 0) is 57.8 Å². The molecule has 2 atom stereocenters. The summed E-state index contributed by atoms with van der Waals surface area (Å²) in [6.45, 7) is 3.69. The van der Waals surface area contributed by atoms with E-state index in [2.05, 4.69) is 74.6 Å². The quantitative estimate of drug-likeness (QED) is 0.0264. The van der Waals surface area contributed by atoms with Crippen LogP contribution in [-0.4, -0.2) is 49.3 Å². The molecule has 0 bridgehead atoms. The molecule has 0 spiro atoms. The van der Waals surface area contributed by atoms with Gasteiger partial charge in [0.05, 0.1) is 13.2 Å². The summed E-state index contributed by atoms with van der Waals surface area (Å²) in [6.07, 6.45) is 92.0. The van der Waals surface area contributed by atoms with E-state index in [1.807, 2.05) is 0 Å². The van der Waals surface area contributed by atoms with Gasteiger partial charge in [-0.1, -0.05) is 364 Å². The highest BCUT2D eigenvalue weighted by Gasteiger charge is 2.26. The molecule has 0 heterocycles. The van der Waals surface area contributed by atoms with E-state index in [1.54, 1.807) is 0 Å². The Morgan fingerprint density at radius 2 is 0.647 bits per heavy atom. The van der Waals surface area contributed by atoms with E-state index in [9.17, 15) is 19.0 Å². The Morgan fingerprint density at radius 1 is 0.365 bits per heavy atom. The minimum Gasteiger partial charge on any atom is -0.462 e. The van der Waals surface area contributed by atoms with Crippen LogP contribution in [0.5, 0.6) is 0 Å². The van der Waals surface area contributed by atoms with Gasteiger partial charge in [-0.3, -0.25) is 18.6 Å². The smallest absolute Gasteiger partial charge is 0.462 e. The first-order valence-corrected chi connectivity index (χ1v) is 38.3. The van der Waals surface area contributed by atoms with Crippen LogP contribution in [-0.2, 0) is 32.7 Å². The molecule has 0 aliphatic carbocycles. The van der Waals surface area contributed by atoms with Crippen LogP contribution in [0.2, 0.25) is 0 Å². The van der Waals surface area contributed by atoms with Crippen LogP contribution in [0.4, 0.5) is 0 Å². The predicted molar refractivity (Wildman–Crippen MR) is 367 cm³/mol. The summed E-state index contributed by atoms with van der Waals surface area (Å²) < 4.78 is 33.2. The summed E-state index contributed by atoms with van der Waals surface area (Å²) in [6, 6.07) is 0. The number of nitrogens with two attached hydrogens (primary N) is 1. The summed E-state index contributed by atoms with van der Waals surface area (Å²) in [4.78, 5) is 35.4. The van der Waals surface area contributed by atoms with Gasteiger partial charge in [-0.25, -0.2) is 4.57 Å². The topological polar surface area (TPSA) is 134 Å². The highest BCUT2D eigenvalue weighted by atomic mass is 31.2. The van der Waals surface area contributed by atoms with Gasteiger partial charge >= 0.3 is 19.8 Å². The molecule has 0 saturated carbocycles. The van der Waals surface area contributed by atoms with E-state index >= 15 is 0 Å². The first kappa shape index (κ1) is 82.7. The lowest BCUT2D eigenvalue weighted by Crippen LogP contribution is -2.29. The third-order valence-electron chi connectivity index (χ3n) is 16.4. The normalized spacial score (nSPS) is 13.2. The minimum atomic E-state index is -4.40. The number of carbonyl (C=O) groups excluding carboxylic acids is 2. The maximum atomic E-state index is 12.8. The second kappa shape index (κ2) is 70.8. The van der Waals surface area contributed by atoms with Gasteiger partial charge in [-0.2, -0.15) is 0 Å². The molecule has 0 aromatic carbocycles. The van der Waals surface area contributed by atoms with E-state index in [4.69, 9.17) is 24.3 Å². The van der Waals surface area contributed by atoms with Crippen molar-refractivity contribution in [2.24, 2.45) is 5.73 Å². The molecule has 0 aliphatic heterocycles. The summed E-state index contributed by atoms with van der Waals surface area (Å²) in [7, 11) is -4.40. The fourth-order valence-electron chi connectivity index (χ4n) is 11.0. The lowest BCUT2D eigenvalue weighted by Gasteiger charge is -2.19. The monoisotopic (exact) mass is 1210 g/mol. The molecule has 3 N–H and O–H groups in total. The highest BCUT2D eigenvalue weighted by Crippen LogP contribution is 2.43. The Hall–Kier alpha value is -2.29. The van der Waals surface area contributed by atoms with Gasteiger partial charge in [0.25, 0.3) is 0 Å². The number of ether oxygens (including phenoxy) is 2. The molecule has 0 aromatic rings. The summed E-state index contributed by atoms with van der Waals surface area (Å²) in [5, 5.41) is 0. The standard InChI is InChI=1S/C75H140NO8P/c1-3-5-7-9-11-13-15-17-19-21-23-25-27-29-31-32-33-34-35-36-37-38-39-40-42-43-45-47-49-51-53-55-57-59-61-63-65-67-74(77)81-71-73(72-83-85(79,80)82-70-69-76)84-75(78)68-66-64-62-60-58-56-54-52-50-48-46-44-41-30-28-26-24-22-20-18-16-14-12-10-8-6-4-2/h6,8,12,14,18,20,24,26,30,41,73H,3-5,7,9-11,13,15-17,19,21-23,25,27-29,31-40,42-72,76H2,1-2H3,(H,79,80)/b8-6-,14-12-,20-18-,26-24-,41-30-. The molecule has 10 heteroatoms. The highest BCUT2D eigenvalue weighted by molar-refractivity contribution is 7.47. The predicted octanol–water partition coefficient (Wildman–Crippen LogP) is 24.2. The first-order valence-electron chi connectivity index (χ1n) is 36.8. The van der Waals surface area contributed by atoms with Crippen molar-refractivity contribution in [1.29, 1.82) is 0 Å². The van der Waals surface area contributed by atoms with E-state index in [0.29, 0.717) is 6.42 Å². The number of hydrogen-bond acceptors (Lipinski definition) is 8. The van der Waals surface area contributed by atoms with Crippen LogP contribution < -0.4 is 5.73 Å². The average Bonchev–Trinajstić information content (AvgIpc) is 3.53. The van der Waals surface area contributed by atoms with Gasteiger partial charge in [0.2, 0.25) is 0 Å². The first-order chi connectivity index (χ1) is 41.8. The SMILES string of the molecule is CC/C=C\C/C=C\C/C=C\C/C=C\C/C=C\CCCCCCCCCCCCCC(=O)OC(COC(=O)CCCCCCCCCCCCCCCCCCCCCCCCCCCCCCCCCCCCCCC)COP(=O)(O)OCCN. The van der Waals surface area contributed by atoms with Crippen LogP contribution in [0, 0.1) is 0 Å². The van der Waals surface area contributed by atoms with E-state index in [-0.39, 0.29) is 38.6 Å². The number of carbonyl (C=O) groups is 2. The van der Waals surface area contributed by atoms with E-state index in [0.717, 1.165) is 77.0 Å². The summed E-state index contributed by atoms with van der Waals surface area (Å²) in [5.41, 5.74) is 5.40. The Kier molecular flexibility index (Phi) is 68.9. The van der Waals surface area contributed by atoms with Crippen molar-refractivity contribution < 1.29 is 37.6 Å². The van der Waals surface area contributed by atoms with Crippen molar-refractivity contribution in [2.75, 3.05) is 26.4 Å². The number of phosphoric acid groups is 1. The fraction of sp³-hybridized carbons (Fsp3) is 0.840. The van der Waals surface area contributed by atoms with Gasteiger partial charge < -0.3 is 20.1 Å². The third kappa shape index (κ3) is 70.7. The molecule has 0 amide bonds. The third-order valence-corrected chi connectivity index (χ3v) is 17.4. The molecule has 0 aromatic heterocycles. The molecule has 0 fully saturated rings. The van der Waals surface area contributed by atoms with Crippen molar-refractivity contribution in [2.45, 2.75) is 380 Å². The molecular formula is C75H140NO8P. The van der Waals surface area contributed by atoms with Crippen molar-refractivity contribution >= 4 is 19.8 Å². The second-order valence-electron chi connectivity index (χ2n) is 24.8. The van der Waals surface area contributed by atoms with Crippen molar-refractivity contribution in [3.8, 4) is 0 Å². The Balaban J connectivity index is 3.79. The van der Waals surface area contributed by atoms with Crippen molar-refractivity contribution in [3.05, 3.63) is 60.8 Å². The summed E-state index contributed by atoms with van der Waals surface area (Å²) in [5.74, 6) is -0.815. The number of esters is 2. The van der Waals surface area contributed by atoms with Gasteiger partial charge in [0, 0.05) is 19.4 Å². The van der Waals surface area contributed by atoms with E-state index in [1.165, 1.54) is 263 Å². The molecule has 85 heavy (non-hydrogen) atoms. The zero-order chi connectivity index (χ0) is 61.6. The van der Waals surface area contributed by atoms with Crippen LogP contribution in [0.25, 0.3) is 0 Å². The fourth-order valence-corrected chi connectivity index (χ4v) is 11.8. The zero-order valence-corrected chi connectivity index (χ0v) is 57.0. The Morgan fingerprint density at radius 3 is 0.965 bits per heavy atom. The molecule has 9 nitrogen and oxygen atoms in total. The van der Waals surface area contributed by atoms with Gasteiger partial charge in [0.1, 0.15) is 6.61 Å². The van der Waals surface area contributed by atoms with Crippen LogP contribution in [0.15, 0.2) is 60.8 Å². The number of rotatable bonds is 70. The van der Waals surface area contributed by atoms with Crippen molar-refractivity contribution in [3.63, 3.8) is 0 Å². The molecule has 0 saturated heterocycles. The van der Waals surface area contributed by atoms with Crippen LogP contribution in [0.3, 0.4) is 0 Å². The largest absolute Gasteiger partial charge is 0.472 e. The minimum absolute atomic E-state index is 0.0528. The number of unbranched alkanes of at least 4 members (excludes halogenated alkanes) is 47. The molecule has 0 radical (unpaired) electrons. The lowest BCUT2D eigenvalue weighted by molar-refractivity contribution is -0.161. The van der Waals surface area contributed by atoms with Crippen LogP contribution >= 0.6 is 7.82 Å². The average molecular weight is 1210 g/mol. The van der Waals surface area contributed by atoms with Gasteiger partial charge in [-0.15, -0.1) is 0 Å². The zero-order valence-electron chi connectivity index (χ0n) is 56.1. The maximum Gasteiger partial charge on any atom is 0.472 e. The molecule has 498 valence electrons. The van der Waals surface area contributed by atoms with Gasteiger partial charge in [0.15, 0.2) is 6.10 Å². The molecule has 2 unspecified atom stereocenters. The number of phosphoric ester groups is 1. The molecule has 0 aliphatic rings. The molecular weight excluding hydrogens is 1070 g/mol. The van der Waals surface area contributed by atoms with E-state index < -0.39 is 26.5 Å². The Labute approximate surface area is 527 Å². The number of allylic oxidation sites excluding steroid dienone is 10. The van der Waals surface area contributed by atoms with Crippen LogP contribution in [0.1, 0.15) is 373 Å².